The molecule has 3 nitrogen and oxygen atoms in total. The van der Waals surface area contributed by atoms with Crippen molar-refractivity contribution in [3.05, 3.63) is 48.0 Å². The molecule has 0 aliphatic rings. The van der Waals surface area contributed by atoms with Gasteiger partial charge < -0.3 is 9.47 Å². The molecule has 0 saturated heterocycles. The van der Waals surface area contributed by atoms with E-state index in [9.17, 15) is 4.79 Å². The van der Waals surface area contributed by atoms with E-state index in [1.807, 2.05) is 43.3 Å². The van der Waals surface area contributed by atoms with Crippen LogP contribution in [-0.4, -0.2) is 19.1 Å². The summed E-state index contributed by atoms with van der Waals surface area (Å²) in [5.74, 6) is -0.665. The lowest BCUT2D eigenvalue weighted by Gasteiger charge is -2.29. The second-order valence-corrected chi connectivity index (χ2v) is 9.56. The van der Waals surface area contributed by atoms with Crippen LogP contribution in [0.1, 0.15) is 114 Å². The molecular formula is C30H46O3. The Morgan fingerprint density at radius 2 is 1.45 bits per heavy atom. The van der Waals surface area contributed by atoms with Gasteiger partial charge in [-0.25, -0.2) is 4.79 Å². The maximum absolute atomic E-state index is 13.3. The smallest absolute Gasteiger partial charge is 0.343 e. The number of esters is 1. The summed E-state index contributed by atoms with van der Waals surface area (Å²) in [4.78, 5) is 13.3. The van der Waals surface area contributed by atoms with Gasteiger partial charge in [0.25, 0.3) is 0 Å². The van der Waals surface area contributed by atoms with E-state index in [2.05, 4.69) is 6.92 Å². The highest BCUT2D eigenvalue weighted by Crippen LogP contribution is 2.33. The first-order valence-corrected chi connectivity index (χ1v) is 13.1. The van der Waals surface area contributed by atoms with E-state index in [4.69, 9.17) is 13.6 Å². The predicted octanol–water partition coefficient (Wildman–Crippen LogP) is 8.72. The molecule has 0 aliphatic carbocycles. The molecule has 33 heavy (non-hydrogen) atoms. The van der Waals surface area contributed by atoms with Crippen LogP contribution in [0.25, 0.3) is 10.8 Å². The topological polar surface area (TPSA) is 35.5 Å². The van der Waals surface area contributed by atoms with Crippen LogP contribution < -0.4 is 0 Å². The minimum Gasteiger partial charge on any atom is -0.460 e. The molecular weight excluding hydrogens is 408 g/mol. The number of carbonyl (C=O) groups is 1. The molecule has 2 rings (SSSR count). The molecule has 2 atom stereocenters. The van der Waals surface area contributed by atoms with Crippen LogP contribution in [0.4, 0.5) is 0 Å². The first kappa shape index (κ1) is 22.9. The second kappa shape index (κ2) is 15.1. The lowest BCUT2D eigenvalue weighted by molar-refractivity contribution is -0.173. The lowest BCUT2D eigenvalue weighted by Crippen LogP contribution is -2.38. The number of carbonyl (C=O) groups excluding carboxylic acids is 1. The lowest BCUT2D eigenvalue weighted by atomic mass is 9.90. The van der Waals surface area contributed by atoms with Gasteiger partial charge in [0.05, 0.1) is 10.2 Å². The maximum Gasteiger partial charge on any atom is 0.343 e. The molecule has 0 saturated carbocycles. The highest BCUT2D eigenvalue weighted by molar-refractivity contribution is 5.92. The fourth-order valence-corrected chi connectivity index (χ4v) is 4.47. The number of fused-ring (bicyclic) bond motifs is 1. The third kappa shape index (κ3) is 8.77. The van der Waals surface area contributed by atoms with Gasteiger partial charge in [-0.2, -0.15) is 0 Å². The summed E-state index contributed by atoms with van der Waals surface area (Å²) < 4.78 is 34.2. The normalized spacial score (nSPS) is 15.9. The van der Waals surface area contributed by atoms with Crippen LogP contribution in [-0.2, 0) is 19.9 Å². The Balaban J connectivity index is 1.82. The summed E-state index contributed by atoms with van der Waals surface area (Å²) in [5.41, 5.74) is -1.24. The third-order valence-corrected chi connectivity index (χ3v) is 6.67. The van der Waals surface area contributed by atoms with E-state index in [1.54, 1.807) is 6.07 Å². The second-order valence-electron chi connectivity index (χ2n) is 9.56. The monoisotopic (exact) mass is 457 g/mol. The summed E-state index contributed by atoms with van der Waals surface area (Å²) in [6.07, 6.45) is 15.8. The molecule has 0 amide bonds. The van der Waals surface area contributed by atoms with Gasteiger partial charge in [0, 0.05) is 12.6 Å². The van der Waals surface area contributed by atoms with E-state index in [-0.39, 0.29) is 6.10 Å². The number of methoxy groups -OCH3 is 1. The van der Waals surface area contributed by atoms with Gasteiger partial charge in [-0.15, -0.1) is 0 Å². The predicted molar refractivity (Wildman–Crippen MR) is 140 cm³/mol. The molecule has 184 valence electrons. The molecule has 0 aromatic heterocycles. The molecule has 3 heteroatoms. The average molecular weight is 458 g/mol. The molecule has 0 heterocycles. The molecule has 0 N–H and O–H groups in total. The van der Waals surface area contributed by atoms with Crippen molar-refractivity contribution >= 4 is 16.7 Å². The van der Waals surface area contributed by atoms with Gasteiger partial charge in [-0.3, -0.25) is 0 Å². The van der Waals surface area contributed by atoms with Crippen molar-refractivity contribution in [3.63, 3.8) is 0 Å². The fourth-order valence-electron chi connectivity index (χ4n) is 4.47. The van der Waals surface area contributed by atoms with Crippen LogP contribution in [0, 0.1) is 0 Å². The molecule has 2 aromatic carbocycles. The van der Waals surface area contributed by atoms with Crippen molar-refractivity contribution in [2.45, 2.75) is 116 Å². The Morgan fingerprint density at radius 3 is 2.09 bits per heavy atom. The Hall–Kier alpha value is -1.87. The number of hydrogen-bond acceptors (Lipinski definition) is 3. The van der Waals surface area contributed by atoms with Gasteiger partial charge >= 0.3 is 5.97 Å². The summed E-state index contributed by atoms with van der Waals surface area (Å²) in [6, 6.07) is 13.0. The summed E-state index contributed by atoms with van der Waals surface area (Å²) >= 11 is 0. The van der Waals surface area contributed by atoms with E-state index in [0.29, 0.717) is 5.56 Å². The zero-order valence-corrected chi connectivity index (χ0v) is 21.0. The van der Waals surface area contributed by atoms with Gasteiger partial charge in [-0.1, -0.05) is 120 Å². The molecule has 0 radical (unpaired) electrons. The SMILES string of the molecule is [2H]C([2H])([2H])O[C@@](C)(C(=O)O[C@@H](C)CCCCCCCCCCCCCC)c1cccc2ccccc12. The van der Waals surface area contributed by atoms with Crippen molar-refractivity contribution in [3.8, 4) is 0 Å². The van der Waals surface area contributed by atoms with Crippen molar-refractivity contribution in [2.24, 2.45) is 0 Å². The minimum absolute atomic E-state index is 0.310. The quantitative estimate of drug-likeness (QED) is 0.176. The van der Waals surface area contributed by atoms with E-state index in [1.165, 1.54) is 71.1 Å². The molecule has 0 spiro atoms. The maximum atomic E-state index is 13.3. The Bertz CT molecular complexity index is 906. The van der Waals surface area contributed by atoms with Gasteiger partial charge in [0.1, 0.15) is 0 Å². The molecule has 0 fully saturated rings. The van der Waals surface area contributed by atoms with Gasteiger partial charge in [0.15, 0.2) is 5.60 Å². The van der Waals surface area contributed by atoms with Crippen LogP contribution in [0.5, 0.6) is 0 Å². The number of unbranched alkanes of at least 4 members (excludes halogenated alkanes) is 11. The summed E-state index contributed by atoms with van der Waals surface area (Å²) in [6.45, 7) is 5.62. The number of rotatable bonds is 17. The van der Waals surface area contributed by atoms with E-state index >= 15 is 0 Å². The number of benzene rings is 2. The third-order valence-electron chi connectivity index (χ3n) is 6.67. The average Bonchev–Trinajstić information content (AvgIpc) is 2.83. The van der Waals surface area contributed by atoms with Crippen molar-refractivity contribution < 1.29 is 18.4 Å². The zero-order valence-electron chi connectivity index (χ0n) is 24.0. The molecule has 0 unspecified atom stereocenters. The van der Waals surface area contributed by atoms with E-state index < -0.39 is 18.6 Å². The first-order valence-electron chi connectivity index (χ1n) is 14.6. The van der Waals surface area contributed by atoms with Crippen molar-refractivity contribution in [1.29, 1.82) is 0 Å². The summed E-state index contributed by atoms with van der Waals surface area (Å²) in [5, 5.41) is 1.69. The van der Waals surface area contributed by atoms with Crippen molar-refractivity contribution in [1.82, 2.24) is 0 Å². The highest BCUT2D eigenvalue weighted by atomic mass is 16.6. The van der Waals surface area contributed by atoms with Gasteiger partial charge in [0.2, 0.25) is 0 Å². The Kier molecular flexibility index (Phi) is 10.5. The molecule has 0 aliphatic heterocycles. The largest absolute Gasteiger partial charge is 0.460 e. The van der Waals surface area contributed by atoms with Crippen LogP contribution in [0.2, 0.25) is 0 Å². The van der Waals surface area contributed by atoms with Crippen molar-refractivity contribution in [2.75, 3.05) is 7.04 Å². The number of hydrogen-bond donors (Lipinski definition) is 0. The van der Waals surface area contributed by atoms with Crippen LogP contribution >= 0.6 is 0 Å². The van der Waals surface area contributed by atoms with E-state index in [0.717, 1.165) is 30.0 Å². The highest BCUT2D eigenvalue weighted by Gasteiger charge is 2.39. The Labute approximate surface area is 206 Å². The molecule has 0 bridgehead atoms. The van der Waals surface area contributed by atoms with Crippen LogP contribution in [0.15, 0.2) is 42.5 Å². The van der Waals surface area contributed by atoms with Crippen LogP contribution in [0.3, 0.4) is 0 Å². The zero-order chi connectivity index (χ0) is 26.4. The standard InChI is InChI=1S/C30H46O3/c1-5-6-7-8-9-10-11-12-13-14-15-16-20-25(2)33-29(31)30(3,32-4)28-24-19-22-26-21-17-18-23-27(26)28/h17-19,21-25H,5-16,20H2,1-4H3/t25-,30+/m0/s1/i4D3. The first-order chi connectivity index (χ1) is 17.2. The minimum atomic E-state index is -2.75. The van der Waals surface area contributed by atoms with Gasteiger partial charge in [-0.05, 0) is 37.5 Å². The number of ether oxygens (including phenoxy) is 2. The summed E-state index contributed by atoms with van der Waals surface area (Å²) in [7, 11) is -2.75. The molecule has 2 aromatic rings. The fraction of sp³-hybridized carbons (Fsp3) is 0.633. The Morgan fingerprint density at radius 1 is 0.879 bits per heavy atom.